The highest BCUT2D eigenvalue weighted by atomic mass is 32.2. The molecule has 3 aliphatic heterocycles. The molecule has 1 N–H and O–H groups in total. The van der Waals surface area contributed by atoms with E-state index in [2.05, 4.69) is 24.3 Å². The van der Waals surface area contributed by atoms with E-state index in [0.717, 1.165) is 6.42 Å². The lowest BCUT2D eigenvalue weighted by atomic mass is 9.93. The molecule has 2 fully saturated rings. The molecule has 0 radical (unpaired) electrons. The molecule has 2 saturated heterocycles. The maximum atomic E-state index is 12.5. The minimum Gasteiger partial charge on any atom is -0.378 e. The smallest absolute Gasteiger partial charge is 0.267 e. The van der Waals surface area contributed by atoms with Crippen LogP contribution in [0.5, 0.6) is 0 Å². The Balaban J connectivity index is 1.61. The van der Waals surface area contributed by atoms with Crippen LogP contribution in [0.15, 0.2) is 5.10 Å². The van der Waals surface area contributed by atoms with Gasteiger partial charge in [-0.1, -0.05) is 13.8 Å². The van der Waals surface area contributed by atoms with Gasteiger partial charge in [-0.15, -0.1) is 0 Å². The van der Waals surface area contributed by atoms with E-state index in [1.54, 1.807) is 0 Å². The van der Waals surface area contributed by atoms with Crippen molar-refractivity contribution in [3.8, 4) is 0 Å². The lowest BCUT2D eigenvalue weighted by Crippen LogP contribution is -2.45. The van der Waals surface area contributed by atoms with E-state index in [1.807, 2.05) is 0 Å². The maximum absolute atomic E-state index is 12.5. The van der Waals surface area contributed by atoms with E-state index in [9.17, 15) is 18.0 Å². The number of carbonyl (C=O) groups excluding carboxylic acids is 2. The molecule has 0 bridgehead atoms. The molecule has 3 atom stereocenters. The summed E-state index contributed by atoms with van der Waals surface area (Å²) in [6, 6.07) is -0.454. The molecule has 9 heteroatoms. The van der Waals surface area contributed by atoms with E-state index >= 15 is 0 Å². The predicted molar refractivity (Wildman–Crippen MR) is 96.3 cm³/mol. The molecule has 3 aliphatic rings. The van der Waals surface area contributed by atoms with Gasteiger partial charge in [0.15, 0.2) is 9.84 Å². The summed E-state index contributed by atoms with van der Waals surface area (Å²) in [5, 5.41) is 8.34. The van der Waals surface area contributed by atoms with Crippen molar-refractivity contribution >= 4 is 27.4 Å². The topological polar surface area (TPSA) is 105 Å². The average molecular weight is 385 g/mol. The molecule has 3 unspecified atom stereocenters. The quantitative estimate of drug-likeness (QED) is 0.734. The number of hydrogen-bond donors (Lipinski definition) is 1. The molecule has 0 saturated carbocycles. The van der Waals surface area contributed by atoms with Gasteiger partial charge >= 0.3 is 0 Å². The third kappa shape index (κ3) is 4.25. The summed E-state index contributed by atoms with van der Waals surface area (Å²) < 4.78 is 29.1. The normalized spacial score (nSPS) is 31.3. The Kier molecular flexibility index (Phi) is 5.67. The van der Waals surface area contributed by atoms with E-state index in [4.69, 9.17) is 4.74 Å². The first-order chi connectivity index (χ1) is 12.3. The highest BCUT2D eigenvalue weighted by Crippen LogP contribution is 2.26. The highest BCUT2D eigenvalue weighted by Gasteiger charge is 2.37. The minimum atomic E-state index is -3.12. The fourth-order valence-electron chi connectivity index (χ4n) is 3.92. The van der Waals surface area contributed by atoms with Crippen LogP contribution in [0.4, 0.5) is 0 Å². The molecule has 3 rings (SSSR count). The Morgan fingerprint density at radius 1 is 1.35 bits per heavy atom. The van der Waals surface area contributed by atoms with Gasteiger partial charge in [0.1, 0.15) is 5.71 Å². The van der Waals surface area contributed by atoms with Crippen molar-refractivity contribution in [2.45, 2.75) is 51.7 Å². The van der Waals surface area contributed by atoms with Crippen LogP contribution in [0.25, 0.3) is 0 Å². The van der Waals surface area contributed by atoms with Crippen LogP contribution in [0.2, 0.25) is 0 Å². The second-order valence-corrected chi connectivity index (χ2v) is 9.91. The SMILES string of the molecule is CC(C)C1OCCC1CNC(=O)C1=NN(C2CCS(=O)(=O)C2)C(=O)CC1. The van der Waals surface area contributed by atoms with Gasteiger partial charge in [0.25, 0.3) is 5.91 Å². The zero-order chi connectivity index (χ0) is 18.9. The van der Waals surface area contributed by atoms with E-state index in [1.165, 1.54) is 5.01 Å². The van der Waals surface area contributed by atoms with Crippen molar-refractivity contribution in [2.24, 2.45) is 16.9 Å². The number of ether oxygens (including phenoxy) is 1. The van der Waals surface area contributed by atoms with Gasteiger partial charge in [0.2, 0.25) is 5.91 Å². The number of carbonyl (C=O) groups is 2. The first-order valence-electron chi connectivity index (χ1n) is 9.26. The van der Waals surface area contributed by atoms with Gasteiger partial charge in [-0.25, -0.2) is 13.4 Å². The summed E-state index contributed by atoms with van der Waals surface area (Å²) in [5.74, 6) is 0.166. The van der Waals surface area contributed by atoms with Gasteiger partial charge in [-0.3, -0.25) is 9.59 Å². The third-order valence-electron chi connectivity index (χ3n) is 5.32. The fourth-order valence-corrected chi connectivity index (χ4v) is 5.62. The molecule has 26 heavy (non-hydrogen) atoms. The van der Waals surface area contributed by atoms with E-state index in [0.29, 0.717) is 31.2 Å². The number of rotatable bonds is 5. The zero-order valence-electron chi connectivity index (χ0n) is 15.3. The number of hydrogen-bond acceptors (Lipinski definition) is 6. The Hall–Kier alpha value is -1.48. The highest BCUT2D eigenvalue weighted by molar-refractivity contribution is 7.91. The average Bonchev–Trinajstić information content (AvgIpc) is 3.19. The number of hydrazone groups is 1. The van der Waals surface area contributed by atoms with Crippen LogP contribution in [-0.2, 0) is 24.2 Å². The zero-order valence-corrected chi connectivity index (χ0v) is 16.1. The molecule has 0 aliphatic carbocycles. The second-order valence-electron chi connectivity index (χ2n) is 7.68. The Morgan fingerprint density at radius 3 is 2.77 bits per heavy atom. The number of sulfone groups is 1. The standard InChI is InChI=1S/C17H27N3O5S/c1-11(2)16-12(5-7-25-16)9-18-17(22)14-3-4-15(21)20(19-14)13-6-8-26(23,24)10-13/h11-13,16H,3-10H2,1-2H3,(H,18,22). The van der Waals surface area contributed by atoms with Crippen molar-refractivity contribution in [2.75, 3.05) is 24.7 Å². The van der Waals surface area contributed by atoms with Gasteiger partial charge in [0, 0.05) is 31.9 Å². The lowest BCUT2D eigenvalue weighted by Gasteiger charge is -2.28. The summed E-state index contributed by atoms with van der Waals surface area (Å²) in [7, 11) is -3.12. The van der Waals surface area contributed by atoms with Crippen LogP contribution in [0, 0.1) is 11.8 Å². The molecule has 8 nitrogen and oxygen atoms in total. The summed E-state index contributed by atoms with van der Waals surface area (Å²) in [6.45, 7) is 5.44. The summed E-state index contributed by atoms with van der Waals surface area (Å²) in [4.78, 5) is 24.6. The van der Waals surface area contributed by atoms with Gasteiger partial charge in [-0.05, 0) is 18.8 Å². The monoisotopic (exact) mass is 385 g/mol. The number of nitrogens with one attached hydrogen (secondary N) is 1. The molecule has 0 aromatic rings. The van der Waals surface area contributed by atoms with Gasteiger partial charge in [0.05, 0.1) is 23.7 Å². The maximum Gasteiger partial charge on any atom is 0.267 e. The summed E-state index contributed by atoms with van der Waals surface area (Å²) in [5.41, 5.74) is 0.300. The van der Waals surface area contributed by atoms with Crippen molar-refractivity contribution in [3.05, 3.63) is 0 Å². The molecular formula is C17H27N3O5S. The molecular weight excluding hydrogens is 358 g/mol. The molecule has 146 valence electrons. The first-order valence-corrected chi connectivity index (χ1v) is 11.1. The second kappa shape index (κ2) is 7.64. The van der Waals surface area contributed by atoms with Crippen molar-refractivity contribution in [3.63, 3.8) is 0 Å². The molecule has 0 spiro atoms. The van der Waals surface area contributed by atoms with Crippen molar-refractivity contribution < 1.29 is 22.7 Å². The van der Waals surface area contributed by atoms with Crippen molar-refractivity contribution in [1.82, 2.24) is 10.3 Å². The summed E-state index contributed by atoms with van der Waals surface area (Å²) in [6.07, 6.45) is 1.91. The molecule has 0 aromatic heterocycles. The number of amides is 2. The minimum absolute atomic E-state index is 0.0662. The van der Waals surface area contributed by atoms with Gasteiger partial charge < -0.3 is 10.1 Å². The Bertz CT molecular complexity index is 703. The third-order valence-corrected chi connectivity index (χ3v) is 7.07. The lowest BCUT2D eigenvalue weighted by molar-refractivity contribution is -0.133. The number of nitrogens with zero attached hydrogens (tertiary/aromatic N) is 2. The van der Waals surface area contributed by atoms with Crippen molar-refractivity contribution in [1.29, 1.82) is 0 Å². The Morgan fingerprint density at radius 2 is 2.12 bits per heavy atom. The van der Waals surface area contributed by atoms with Crippen LogP contribution in [-0.4, -0.2) is 67.8 Å². The predicted octanol–water partition coefficient (Wildman–Crippen LogP) is 0.329. The Labute approximate surface area is 154 Å². The molecule has 0 aromatic carbocycles. The first kappa shape index (κ1) is 19.3. The molecule has 3 heterocycles. The van der Waals surface area contributed by atoms with Crippen LogP contribution < -0.4 is 5.32 Å². The van der Waals surface area contributed by atoms with Gasteiger partial charge in [-0.2, -0.15) is 5.10 Å². The van der Waals surface area contributed by atoms with E-state index in [-0.39, 0.29) is 48.2 Å². The van der Waals surface area contributed by atoms with Crippen LogP contribution in [0.3, 0.4) is 0 Å². The largest absolute Gasteiger partial charge is 0.378 e. The summed E-state index contributed by atoms with van der Waals surface area (Å²) >= 11 is 0. The van der Waals surface area contributed by atoms with Crippen LogP contribution in [0.1, 0.15) is 39.5 Å². The molecule has 2 amide bonds. The van der Waals surface area contributed by atoms with E-state index < -0.39 is 15.9 Å². The van der Waals surface area contributed by atoms with Crippen LogP contribution >= 0.6 is 0 Å². The fraction of sp³-hybridized carbons (Fsp3) is 0.824.